The van der Waals surface area contributed by atoms with E-state index in [1.807, 2.05) is 0 Å². The van der Waals surface area contributed by atoms with Gasteiger partial charge in [-0.15, -0.1) is 0 Å². The normalized spacial score (nSPS) is 10.9. The number of aromatic amines is 1. The van der Waals surface area contributed by atoms with E-state index in [0.717, 1.165) is 0 Å². The van der Waals surface area contributed by atoms with Crippen LogP contribution in [0, 0.1) is 6.92 Å². The summed E-state index contributed by atoms with van der Waals surface area (Å²) in [6, 6.07) is 6.16. The number of nitrogens with one attached hydrogen (secondary N) is 2. The molecule has 4 N–H and O–H groups in total. The Bertz CT molecular complexity index is 781. The second kappa shape index (κ2) is 7.32. The Labute approximate surface area is 131 Å². The molecule has 0 bridgehead atoms. The first kappa shape index (κ1) is 16.4. The van der Waals surface area contributed by atoms with Crippen molar-refractivity contribution in [1.82, 2.24) is 9.97 Å². The van der Waals surface area contributed by atoms with Gasteiger partial charge in [0.25, 0.3) is 5.56 Å². The average Bonchev–Trinajstić information content (AvgIpc) is 2.51. The lowest BCUT2D eigenvalue weighted by Crippen LogP contribution is -2.19. The number of aromatic carboxylic acids is 1. The molecule has 0 aliphatic rings. The zero-order valence-electron chi connectivity index (χ0n) is 12.4. The Morgan fingerprint density at radius 2 is 2.09 bits per heavy atom. The zero-order valence-corrected chi connectivity index (χ0v) is 12.4. The number of carboxylic acid groups (broad SMARTS) is 1. The van der Waals surface area contributed by atoms with Gasteiger partial charge in [-0.25, -0.2) is 15.2 Å². The molecule has 0 aliphatic carbocycles. The van der Waals surface area contributed by atoms with Gasteiger partial charge in [-0.05, 0) is 24.6 Å². The molecule has 0 aliphatic heterocycles. The van der Waals surface area contributed by atoms with Crippen molar-refractivity contribution in [2.75, 3.05) is 12.0 Å². The van der Waals surface area contributed by atoms with Crippen LogP contribution in [0.15, 0.2) is 34.2 Å². The number of hydrogen-bond acceptors (Lipinski definition) is 6. The SMILES string of the molecule is Cc1nc(N/N=C\c2ccc(C(=O)O)cc2)[nH]c(=O)c1CCO. The Hall–Kier alpha value is -3.00. The highest BCUT2D eigenvalue weighted by atomic mass is 16.4. The lowest BCUT2D eigenvalue weighted by molar-refractivity contribution is 0.0697. The molecule has 1 heterocycles. The quantitative estimate of drug-likeness (QED) is 0.460. The summed E-state index contributed by atoms with van der Waals surface area (Å²) in [5, 5.41) is 21.7. The second-order valence-electron chi connectivity index (χ2n) is 4.75. The summed E-state index contributed by atoms with van der Waals surface area (Å²) in [6.45, 7) is 1.56. The van der Waals surface area contributed by atoms with E-state index >= 15 is 0 Å². The number of H-pyrrole nitrogens is 1. The van der Waals surface area contributed by atoms with Crippen LogP contribution in [-0.2, 0) is 6.42 Å². The number of hydrogen-bond donors (Lipinski definition) is 4. The maximum Gasteiger partial charge on any atom is 0.335 e. The van der Waals surface area contributed by atoms with Crippen LogP contribution in [0.2, 0.25) is 0 Å². The van der Waals surface area contributed by atoms with Crippen LogP contribution < -0.4 is 11.0 Å². The number of benzene rings is 1. The molecule has 1 aromatic heterocycles. The van der Waals surface area contributed by atoms with E-state index in [4.69, 9.17) is 10.2 Å². The van der Waals surface area contributed by atoms with Gasteiger partial charge in [0, 0.05) is 18.6 Å². The van der Waals surface area contributed by atoms with Gasteiger partial charge in [0.2, 0.25) is 5.95 Å². The van der Waals surface area contributed by atoms with Crippen LogP contribution in [0.3, 0.4) is 0 Å². The first-order valence-electron chi connectivity index (χ1n) is 6.84. The Morgan fingerprint density at radius 1 is 1.39 bits per heavy atom. The molecule has 0 unspecified atom stereocenters. The van der Waals surface area contributed by atoms with Gasteiger partial charge < -0.3 is 10.2 Å². The predicted molar refractivity (Wildman–Crippen MR) is 85.0 cm³/mol. The second-order valence-corrected chi connectivity index (χ2v) is 4.75. The highest BCUT2D eigenvalue weighted by Crippen LogP contribution is 2.04. The third-order valence-corrected chi connectivity index (χ3v) is 3.13. The van der Waals surface area contributed by atoms with E-state index in [1.54, 1.807) is 19.1 Å². The summed E-state index contributed by atoms with van der Waals surface area (Å²) in [7, 11) is 0. The monoisotopic (exact) mass is 316 g/mol. The third-order valence-electron chi connectivity index (χ3n) is 3.13. The average molecular weight is 316 g/mol. The van der Waals surface area contributed by atoms with Crippen molar-refractivity contribution in [3.63, 3.8) is 0 Å². The first-order valence-corrected chi connectivity index (χ1v) is 6.84. The molecule has 2 rings (SSSR count). The summed E-state index contributed by atoms with van der Waals surface area (Å²) in [5.74, 6) is -0.806. The maximum atomic E-state index is 11.8. The van der Waals surface area contributed by atoms with Crippen molar-refractivity contribution < 1.29 is 15.0 Å². The topological polar surface area (TPSA) is 128 Å². The van der Waals surface area contributed by atoms with Gasteiger partial charge in [-0.1, -0.05) is 12.1 Å². The number of hydrazone groups is 1. The number of aliphatic hydroxyl groups is 1. The molecule has 8 heteroatoms. The maximum absolute atomic E-state index is 11.8. The molecule has 1 aromatic carbocycles. The van der Waals surface area contributed by atoms with E-state index in [-0.39, 0.29) is 30.1 Å². The number of rotatable bonds is 6. The number of carbonyl (C=O) groups is 1. The van der Waals surface area contributed by atoms with Gasteiger partial charge in [0.15, 0.2) is 0 Å². The van der Waals surface area contributed by atoms with Gasteiger partial charge in [-0.2, -0.15) is 5.10 Å². The van der Waals surface area contributed by atoms with Crippen LogP contribution in [0.4, 0.5) is 5.95 Å². The zero-order chi connectivity index (χ0) is 16.8. The van der Waals surface area contributed by atoms with Crippen molar-refractivity contribution >= 4 is 18.1 Å². The fourth-order valence-corrected chi connectivity index (χ4v) is 1.95. The number of anilines is 1. The molecule has 0 saturated carbocycles. The van der Waals surface area contributed by atoms with Crippen LogP contribution in [0.1, 0.15) is 27.2 Å². The van der Waals surface area contributed by atoms with Crippen LogP contribution in [0.5, 0.6) is 0 Å². The highest BCUT2D eigenvalue weighted by Gasteiger charge is 2.07. The summed E-state index contributed by atoms with van der Waals surface area (Å²) in [4.78, 5) is 29.3. The Balaban J connectivity index is 2.08. The summed E-state index contributed by atoms with van der Waals surface area (Å²) < 4.78 is 0. The highest BCUT2D eigenvalue weighted by molar-refractivity contribution is 5.89. The van der Waals surface area contributed by atoms with Crippen molar-refractivity contribution in [1.29, 1.82) is 0 Å². The summed E-state index contributed by atoms with van der Waals surface area (Å²) >= 11 is 0. The minimum absolute atomic E-state index is 0.122. The Morgan fingerprint density at radius 3 is 2.65 bits per heavy atom. The number of carboxylic acids is 1. The predicted octanol–water partition coefficient (Wildman–Crippen LogP) is 0.757. The number of aryl methyl sites for hydroxylation is 1. The van der Waals surface area contributed by atoms with Crippen LogP contribution >= 0.6 is 0 Å². The standard InChI is InChI=1S/C15H16N4O4/c1-9-12(6-7-20)13(21)18-15(17-9)19-16-8-10-2-4-11(5-3-10)14(22)23/h2-5,8,20H,6-7H2,1H3,(H,22,23)(H2,17,18,19,21)/b16-8-. The minimum atomic E-state index is -0.994. The van der Waals surface area contributed by atoms with Gasteiger partial charge in [0.1, 0.15) is 0 Å². The van der Waals surface area contributed by atoms with Crippen LogP contribution in [-0.4, -0.2) is 39.0 Å². The molecule has 0 spiro atoms. The number of nitrogens with zero attached hydrogens (tertiary/aromatic N) is 2. The van der Waals surface area contributed by atoms with Gasteiger partial charge in [-0.3, -0.25) is 9.78 Å². The first-order chi connectivity index (χ1) is 11.0. The molecule has 23 heavy (non-hydrogen) atoms. The van der Waals surface area contributed by atoms with E-state index in [0.29, 0.717) is 16.8 Å². The fraction of sp³-hybridized carbons (Fsp3) is 0.200. The fourth-order valence-electron chi connectivity index (χ4n) is 1.95. The molecule has 0 radical (unpaired) electrons. The molecular formula is C15H16N4O4. The lowest BCUT2D eigenvalue weighted by Gasteiger charge is -2.05. The molecule has 0 amide bonds. The van der Waals surface area contributed by atoms with E-state index < -0.39 is 5.97 Å². The van der Waals surface area contributed by atoms with Crippen molar-refractivity contribution in [3.8, 4) is 0 Å². The summed E-state index contributed by atoms with van der Waals surface area (Å²) in [5.41, 5.74) is 4.12. The molecule has 120 valence electrons. The van der Waals surface area contributed by atoms with E-state index in [9.17, 15) is 9.59 Å². The largest absolute Gasteiger partial charge is 0.478 e. The van der Waals surface area contributed by atoms with Crippen molar-refractivity contribution in [2.24, 2.45) is 5.10 Å². The molecular weight excluding hydrogens is 300 g/mol. The van der Waals surface area contributed by atoms with Crippen LogP contribution in [0.25, 0.3) is 0 Å². The lowest BCUT2D eigenvalue weighted by atomic mass is 10.1. The summed E-state index contributed by atoms with van der Waals surface area (Å²) in [6.07, 6.45) is 1.72. The van der Waals surface area contributed by atoms with Gasteiger partial charge in [0.05, 0.1) is 17.5 Å². The van der Waals surface area contributed by atoms with Crippen molar-refractivity contribution in [2.45, 2.75) is 13.3 Å². The van der Waals surface area contributed by atoms with Gasteiger partial charge >= 0.3 is 5.97 Å². The molecule has 0 saturated heterocycles. The Kier molecular flexibility index (Phi) is 5.21. The third kappa shape index (κ3) is 4.24. The smallest absolute Gasteiger partial charge is 0.335 e. The molecule has 2 aromatic rings. The minimum Gasteiger partial charge on any atom is -0.478 e. The van der Waals surface area contributed by atoms with E-state index in [1.165, 1.54) is 18.3 Å². The number of aromatic nitrogens is 2. The van der Waals surface area contributed by atoms with Crippen molar-refractivity contribution in [3.05, 3.63) is 57.0 Å². The molecule has 8 nitrogen and oxygen atoms in total. The molecule has 0 atom stereocenters. The number of aliphatic hydroxyl groups excluding tert-OH is 1. The molecule has 0 fully saturated rings. The van der Waals surface area contributed by atoms with E-state index in [2.05, 4.69) is 20.5 Å².